The molecule has 1 rings (SSSR count). The number of benzene rings is 1. The number of amides is 1. The second-order valence-electron chi connectivity index (χ2n) is 4.23. The summed E-state index contributed by atoms with van der Waals surface area (Å²) in [5.74, 6) is -1.28. The highest BCUT2D eigenvalue weighted by Crippen LogP contribution is 2.14. The molecule has 0 aromatic heterocycles. The van der Waals surface area contributed by atoms with Gasteiger partial charge in [0.25, 0.3) is 0 Å². The molecule has 0 radical (unpaired) electrons. The van der Waals surface area contributed by atoms with Gasteiger partial charge >= 0.3 is 5.97 Å². The molecule has 1 amide bonds. The van der Waals surface area contributed by atoms with E-state index in [9.17, 15) is 13.8 Å². The standard InChI is InChI=1S/C13H16BrNO4S/c1-9(13(17)19-2)7-20(18)8-12(16)15-11-5-3-10(14)4-6-11/h3-6,9H,7-8H2,1-2H3,(H,15,16). The van der Waals surface area contributed by atoms with Gasteiger partial charge in [0.05, 0.1) is 13.0 Å². The van der Waals surface area contributed by atoms with E-state index in [1.165, 1.54) is 7.11 Å². The van der Waals surface area contributed by atoms with E-state index in [1.807, 2.05) is 0 Å². The molecule has 2 unspecified atom stereocenters. The van der Waals surface area contributed by atoms with Gasteiger partial charge in [0, 0.05) is 26.7 Å². The summed E-state index contributed by atoms with van der Waals surface area (Å²) in [6.45, 7) is 1.62. The maximum atomic E-state index is 11.8. The second kappa shape index (κ2) is 8.16. The predicted molar refractivity (Wildman–Crippen MR) is 81.8 cm³/mol. The summed E-state index contributed by atoms with van der Waals surface area (Å²) in [7, 11) is -0.123. The van der Waals surface area contributed by atoms with Crippen molar-refractivity contribution in [3.8, 4) is 0 Å². The Morgan fingerprint density at radius 2 is 1.95 bits per heavy atom. The van der Waals surface area contributed by atoms with Gasteiger partial charge in [-0.1, -0.05) is 22.9 Å². The summed E-state index contributed by atoms with van der Waals surface area (Å²) in [4.78, 5) is 22.9. The molecule has 0 aliphatic carbocycles. The van der Waals surface area contributed by atoms with Gasteiger partial charge in [-0.3, -0.25) is 13.8 Å². The molecule has 20 heavy (non-hydrogen) atoms. The van der Waals surface area contributed by atoms with Crippen LogP contribution < -0.4 is 5.32 Å². The van der Waals surface area contributed by atoms with Crippen LogP contribution in [0.25, 0.3) is 0 Å². The maximum absolute atomic E-state index is 11.8. The predicted octanol–water partition coefficient (Wildman–Crippen LogP) is 1.95. The number of methoxy groups -OCH3 is 1. The topological polar surface area (TPSA) is 72.5 Å². The van der Waals surface area contributed by atoms with Crippen molar-refractivity contribution >= 4 is 44.3 Å². The largest absolute Gasteiger partial charge is 0.469 e. The van der Waals surface area contributed by atoms with Crippen LogP contribution in [0.5, 0.6) is 0 Å². The van der Waals surface area contributed by atoms with Crippen LogP contribution >= 0.6 is 15.9 Å². The summed E-state index contributed by atoms with van der Waals surface area (Å²) < 4.78 is 17.2. The Bertz CT molecular complexity index is 504. The molecular formula is C13H16BrNO4S. The summed E-state index contributed by atoms with van der Waals surface area (Å²) in [5, 5.41) is 2.65. The van der Waals surface area contributed by atoms with Crippen LogP contribution in [0.2, 0.25) is 0 Å². The minimum absolute atomic E-state index is 0.112. The van der Waals surface area contributed by atoms with Crippen molar-refractivity contribution < 1.29 is 18.5 Å². The molecule has 1 N–H and O–H groups in total. The Morgan fingerprint density at radius 1 is 1.35 bits per heavy atom. The van der Waals surface area contributed by atoms with Crippen LogP contribution in [-0.2, 0) is 25.1 Å². The van der Waals surface area contributed by atoms with E-state index < -0.39 is 22.7 Å². The van der Waals surface area contributed by atoms with Crippen molar-refractivity contribution in [2.24, 2.45) is 5.92 Å². The lowest BCUT2D eigenvalue weighted by molar-refractivity contribution is -0.144. The lowest BCUT2D eigenvalue weighted by Gasteiger charge is -2.09. The molecule has 0 aliphatic rings. The first kappa shape index (κ1) is 16.8. The summed E-state index contributed by atoms with van der Waals surface area (Å²) >= 11 is 3.29. The van der Waals surface area contributed by atoms with E-state index in [0.29, 0.717) is 5.69 Å². The van der Waals surface area contributed by atoms with Crippen molar-refractivity contribution in [1.29, 1.82) is 0 Å². The van der Waals surface area contributed by atoms with Crippen LogP contribution in [0.3, 0.4) is 0 Å². The van der Waals surface area contributed by atoms with Crippen LogP contribution in [0.1, 0.15) is 6.92 Å². The zero-order valence-electron chi connectivity index (χ0n) is 11.2. The average Bonchev–Trinajstić information content (AvgIpc) is 2.40. The van der Waals surface area contributed by atoms with Crippen LogP contribution in [0.4, 0.5) is 5.69 Å². The molecular weight excluding hydrogens is 346 g/mol. The van der Waals surface area contributed by atoms with Crippen LogP contribution in [0.15, 0.2) is 28.7 Å². The average molecular weight is 362 g/mol. The van der Waals surface area contributed by atoms with Gasteiger partial charge in [0.15, 0.2) is 0 Å². The van der Waals surface area contributed by atoms with E-state index in [4.69, 9.17) is 0 Å². The molecule has 0 saturated carbocycles. The highest BCUT2D eigenvalue weighted by atomic mass is 79.9. The van der Waals surface area contributed by atoms with E-state index in [-0.39, 0.29) is 17.4 Å². The van der Waals surface area contributed by atoms with Crippen molar-refractivity contribution in [2.45, 2.75) is 6.92 Å². The van der Waals surface area contributed by atoms with Crippen molar-refractivity contribution in [2.75, 3.05) is 23.9 Å². The summed E-state index contributed by atoms with van der Waals surface area (Å²) in [6.07, 6.45) is 0. The number of hydrogen-bond acceptors (Lipinski definition) is 4. The van der Waals surface area contributed by atoms with Gasteiger partial charge in [-0.05, 0) is 24.3 Å². The Labute approximate surface area is 128 Å². The first-order valence-corrected chi connectivity index (χ1v) is 8.18. The third kappa shape index (κ3) is 5.83. The summed E-state index contributed by atoms with van der Waals surface area (Å²) in [6, 6.07) is 7.07. The number of hydrogen-bond donors (Lipinski definition) is 1. The molecule has 0 spiro atoms. The van der Waals surface area contributed by atoms with Gasteiger partial charge in [0.2, 0.25) is 5.91 Å². The van der Waals surface area contributed by atoms with Crippen molar-refractivity contribution in [1.82, 2.24) is 0 Å². The molecule has 0 aliphatic heterocycles. The Morgan fingerprint density at radius 3 is 2.50 bits per heavy atom. The summed E-state index contributed by atoms with van der Waals surface area (Å²) in [5.41, 5.74) is 0.635. The van der Waals surface area contributed by atoms with E-state index >= 15 is 0 Å². The van der Waals surface area contributed by atoms with Gasteiger partial charge < -0.3 is 10.1 Å². The highest BCUT2D eigenvalue weighted by Gasteiger charge is 2.18. The fraction of sp³-hybridized carbons (Fsp3) is 0.385. The molecule has 7 heteroatoms. The number of anilines is 1. The van der Waals surface area contributed by atoms with Crippen molar-refractivity contribution in [3.63, 3.8) is 0 Å². The number of rotatable bonds is 6. The minimum Gasteiger partial charge on any atom is -0.469 e. The highest BCUT2D eigenvalue weighted by molar-refractivity contribution is 9.10. The number of halogens is 1. The second-order valence-corrected chi connectivity index (χ2v) is 6.65. The maximum Gasteiger partial charge on any atom is 0.309 e. The fourth-order valence-electron chi connectivity index (χ4n) is 1.48. The Hall–Kier alpha value is -1.21. The third-order valence-electron chi connectivity index (χ3n) is 2.46. The lowest BCUT2D eigenvalue weighted by atomic mass is 10.2. The monoisotopic (exact) mass is 361 g/mol. The van der Waals surface area contributed by atoms with Gasteiger partial charge in [-0.25, -0.2) is 0 Å². The molecule has 1 aromatic rings. The Kier molecular flexibility index (Phi) is 6.87. The van der Waals surface area contributed by atoms with Gasteiger partial charge in [-0.2, -0.15) is 0 Å². The van der Waals surface area contributed by atoms with E-state index in [1.54, 1.807) is 31.2 Å². The first-order valence-electron chi connectivity index (χ1n) is 5.90. The van der Waals surface area contributed by atoms with Crippen LogP contribution in [-0.4, -0.2) is 34.7 Å². The van der Waals surface area contributed by atoms with E-state index in [0.717, 1.165) is 4.47 Å². The number of carbonyl (C=O) groups excluding carboxylic acids is 2. The van der Waals surface area contributed by atoms with Gasteiger partial charge in [0.1, 0.15) is 5.75 Å². The molecule has 110 valence electrons. The lowest BCUT2D eigenvalue weighted by Crippen LogP contribution is -2.25. The molecule has 0 fully saturated rings. The zero-order chi connectivity index (χ0) is 15.1. The molecule has 0 heterocycles. The smallest absolute Gasteiger partial charge is 0.309 e. The first-order chi connectivity index (χ1) is 9.42. The zero-order valence-corrected chi connectivity index (χ0v) is 13.6. The quantitative estimate of drug-likeness (QED) is 0.785. The fourth-order valence-corrected chi connectivity index (χ4v) is 2.92. The Balaban J connectivity index is 2.44. The molecule has 0 saturated heterocycles. The number of esters is 1. The van der Waals surface area contributed by atoms with Crippen LogP contribution in [0, 0.1) is 5.92 Å². The molecule has 1 aromatic carbocycles. The third-order valence-corrected chi connectivity index (χ3v) is 4.44. The number of ether oxygens (including phenoxy) is 1. The molecule has 0 bridgehead atoms. The molecule has 2 atom stereocenters. The van der Waals surface area contributed by atoms with E-state index in [2.05, 4.69) is 26.0 Å². The van der Waals surface area contributed by atoms with Gasteiger partial charge in [-0.15, -0.1) is 0 Å². The normalized spacial score (nSPS) is 13.3. The molecule has 5 nitrogen and oxygen atoms in total. The SMILES string of the molecule is COC(=O)C(C)CS(=O)CC(=O)Nc1ccc(Br)cc1. The minimum atomic E-state index is -1.40. The number of nitrogens with one attached hydrogen (secondary N) is 1. The van der Waals surface area contributed by atoms with Crippen molar-refractivity contribution in [3.05, 3.63) is 28.7 Å². The number of carbonyl (C=O) groups is 2.